The Morgan fingerprint density at radius 3 is 2.85 bits per heavy atom. The Labute approximate surface area is 158 Å². The number of nitrogens with one attached hydrogen (secondary N) is 1. The molecule has 0 fully saturated rings. The summed E-state index contributed by atoms with van der Waals surface area (Å²) in [7, 11) is -2.43. The number of ether oxygens (including phenoxy) is 2. The largest absolute Gasteiger partial charge is 0.494 e. The van der Waals surface area contributed by atoms with Crippen molar-refractivity contribution in [2.75, 3.05) is 18.4 Å². The van der Waals surface area contributed by atoms with Crippen molar-refractivity contribution in [1.82, 2.24) is 5.16 Å². The van der Waals surface area contributed by atoms with Gasteiger partial charge in [0.05, 0.1) is 25.1 Å². The first-order valence-corrected chi connectivity index (χ1v) is 10.1. The maximum absolute atomic E-state index is 13.0. The second-order valence-electron chi connectivity index (χ2n) is 5.91. The summed E-state index contributed by atoms with van der Waals surface area (Å²) < 4.78 is 45.4. The molecule has 0 aliphatic carbocycles. The molecule has 1 N–H and O–H groups in total. The topological polar surface area (TPSA) is 90.7 Å². The van der Waals surface area contributed by atoms with Gasteiger partial charge in [0, 0.05) is 27.9 Å². The van der Waals surface area contributed by atoms with Crippen LogP contribution in [0.1, 0.15) is 11.3 Å². The third-order valence-electron chi connectivity index (χ3n) is 4.22. The van der Waals surface area contributed by atoms with E-state index in [0.29, 0.717) is 51.4 Å². The molecule has 0 saturated carbocycles. The van der Waals surface area contributed by atoms with Crippen LogP contribution in [0.25, 0.3) is 11.0 Å². The fourth-order valence-electron chi connectivity index (χ4n) is 2.97. The molecule has 0 atom stereocenters. The van der Waals surface area contributed by atoms with Crippen LogP contribution >= 0.6 is 15.9 Å². The van der Waals surface area contributed by atoms with Gasteiger partial charge >= 0.3 is 0 Å². The Bertz CT molecular complexity index is 1120. The van der Waals surface area contributed by atoms with E-state index in [2.05, 4.69) is 25.8 Å². The summed E-state index contributed by atoms with van der Waals surface area (Å²) in [5.41, 5.74) is 2.35. The Hall–Kier alpha value is -2.26. The molecular formula is C17H15BrN2O5S. The van der Waals surface area contributed by atoms with E-state index >= 15 is 0 Å². The summed E-state index contributed by atoms with van der Waals surface area (Å²) in [6.45, 7) is 2.25. The number of nitrogens with zero attached hydrogens (tertiary/aromatic N) is 1. The summed E-state index contributed by atoms with van der Waals surface area (Å²) in [4.78, 5) is 0.0866. The SMILES string of the molecule is COc1cc2onc(C)c2cc1NS(=O)(=O)c1cc(Br)cc2c1OCC2. The summed E-state index contributed by atoms with van der Waals surface area (Å²) in [6.07, 6.45) is 0.673. The van der Waals surface area contributed by atoms with Crippen LogP contribution < -0.4 is 14.2 Å². The first kappa shape index (κ1) is 17.2. The maximum atomic E-state index is 13.0. The van der Waals surface area contributed by atoms with Gasteiger partial charge in [0.25, 0.3) is 10.0 Å². The zero-order valence-electron chi connectivity index (χ0n) is 14.0. The van der Waals surface area contributed by atoms with Crippen molar-refractivity contribution in [2.24, 2.45) is 0 Å². The van der Waals surface area contributed by atoms with Crippen molar-refractivity contribution >= 4 is 42.6 Å². The zero-order valence-corrected chi connectivity index (χ0v) is 16.4. The summed E-state index contributed by atoms with van der Waals surface area (Å²) in [6, 6.07) is 6.66. The lowest BCUT2D eigenvalue weighted by molar-refractivity contribution is 0.348. The summed E-state index contributed by atoms with van der Waals surface area (Å²) in [5, 5.41) is 4.60. The van der Waals surface area contributed by atoms with Crippen molar-refractivity contribution in [3.8, 4) is 11.5 Å². The predicted octanol–water partition coefficient (Wildman–Crippen LogP) is 3.64. The lowest BCUT2D eigenvalue weighted by Gasteiger charge is -2.14. The Balaban J connectivity index is 1.82. The monoisotopic (exact) mass is 438 g/mol. The molecular weight excluding hydrogens is 424 g/mol. The minimum Gasteiger partial charge on any atom is -0.494 e. The third kappa shape index (κ3) is 2.80. The molecule has 9 heteroatoms. The number of fused-ring (bicyclic) bond motifs is 2. The van der Waals surface area contributed by atoms with Crippen LogP contribution in [0.4, 0.5) is 5.69 Å². The number of sulfonamides is 1. The number of aryl methyl sites for hydroxylation is 1. The number of rotatable bonds is 4. The van der Waals surface area contributed by atoms with Crippen LogP contribution in [-0.4, -0.2) is 27.3 Å². The highest BCUT2D eigenvalue weighted by atomic mass is 79.9. The van der Waals surface area contributed by atoms with E-state index < -0.39 is 10.0 Å². The molecule has 0 amide bonds. The normalized spacial score (nSPS) is 13.5. The van der Waals surface area contributed by atoms with Crippen LogP contribution in [0.15, 0.2) is 38.2 Å². The summed E-state index contributed by atoms with van der Waals surface area (Å²) >= 11 is 3.37. The summed E-state index contributed by atoms with van der Waals surface area (Å²) in [5.74, 6) is 0.728. The number of benzene rings is 2. The van der Waals surface area contributed by atoms with Gasteiger partial charge in [-0.3, -0.25) is 4.72 Å². The van der Waals surface area contributed by atoms with Gasteiger partial charge < -0.3 is 14.0 Å². The Morgan fingerprint density at radius 2 is 2.08 bits per heavy atom. The molecule has 136 valence electrons. The van der Waals surface area contributed by atoms with Gasteiger partial charge in [-0.15, -0.1) is 0 Å². The van der Waals surface area contributed by atoms with E-state index in [4.69, 9.17) is 14.0 Å². The van der Waals surface area contributed by atoms with Gasteiger partial charge in [-0.05, 0) is 25.1 Å². The van der Waals surface area contributed by atoms with E-state index in [-0.39, 0.29) is 4.90 Å². The third-order valence-corrected chi connectivity index (χ3v) is 6.05. The average Bonchev–Trinajstić information content (AvgIpc) is 3.20. The molecule has 0 unspecified atom stereocenters. The molecule has 1 aliphatic rings. The number of anilines is 1. The van der Waals surface area contributed by atoms with Crippen LogP contribution in [0.3, 0.4) is 0 Å². The Morgan fingerprint density at radius 1 is 1.27 bits per heavy atom. The highest BCUT2D eigenvalue weighted by molar-refractivity contribution is 9.10. The second-order valence-corrected chi connectivity index (χ2v) is 8.48. The number of aromatic nitrogens is 1. The smallest absolute Gasteiger partial charge is 0.265 e. The fourth-order valence-corrected chi connectivity index (χ4v) is 4.90. The van der Waals surface area contributed by atoms with Crippen LogP contribution in [0.5, 0.6) is 11.5 Å². The van der Waals surface area contributed by atoms with E-state index in [0.717, 1.165) is 5.56 Å². The number of methoxy groups -OCH3 is 1. The van der Waals surface area contributed by atoms with Crippen molar-refractivity contribution in [2.45, 2.75) is 18.2 Å². The lowest BCUT2D eigenvalue weighted by Crippen LogP contribution is -2.15. The Kier molecular flexibility index (Phi) is 4.07. The number of hydrogen-bond donors (Lipinski definition) is 1. The first-order valence-electron chi connectivity index (χ1n) is 7.81. The van der Waals surface area contributed by atoms with Gasteiger partial charge in [-0.2, -0.15) is 0 Å². The fraction of sp³-hybridized carbons (Fsp3) is 0.235. The molecule has 7 nitrogen and oxygen atoms in total. The predicted molar refractivity (Wildman–Crippen MR) is 99.4 cm³/mol. The van der Waals surface area contributed by atoms with E-state index in [1.807, 2.05) is 6.07 Å². The molecule has 4 rings (SSSR count). The van der Waals surface area contributed by atoms with Gasteiger partial charge in [0.1, 0.15) is 16.4 Å². The van der Waals surface area contributed by atoms with Gasteiger partial charge in [-0.25, -0.2) is 8.42 Å². The lowest BCUT2D eigenvalue weighted by atomic mass is 10.2. The standard InChI is InChI=1S/C17H15BrN2O5S/c1-9-12-7-13(15(23-2)8-14(12)25-19-9)20-26(21,22)16-6-11(18)5-10-3-4-24-17(10)16/h5-8,20H,3-4H2,1-2H3. The minimum atomic E-state index is -3.89. The van der Waals surface area contributed by atoms with E-state index in [1.165, 1.54) is 13.2 Å². The van der Waals surface area contributed by atoms with E-state index in [9.17, 15) is 8.42 Å². The van der Waals surface area contributed by atoms with Crippen molar-refractivity contribution in [3.05, 3.63) is 40.0 Å². The molecule has 0 saturated heterocycles. The highest BCUT2D eigenvalue weighted by Crippen LogP contribution is 2.38. The van der Waals surface area contributed by atoms with Gasteiger partial charge in [-0.1, -0.05) is 21.1 Å². The van der Waals surface area contributed by atoms with Crippen LogP contribution in [-0.2, 0) is 16.4 Å². The van der Waals surface area contributed by atoms with Crippen LogP contribution in [0.2, 0.25) is 0 Å². The molecule has 1 aromatic heterocycles. The molecule has 2 aromatic carbocycles. The minimum absolute atomic E-state index is 0.0866. The maximum Gasteiger partial charge on any atom is 0.265 e. The highest BCUT2D eigenvalue weighted by Gasteiger charge is 2.27. The van der Waals surface area contributed by atoms with Gasteiger partial charge in [0.15, 0.2) is 5.58 Å². The number of hydrogen-bond acceptors (Lipinski definition) is 6. The molecule has 26 heavy (non-hydrogen) atoms. The van der Waals surface area contributed by atoms with E-state index in [1.54, 1.807) is 19.1 Å². The van der Waals surface area contributed by atoms with Crippen LogP contribution in [0, 0.1) is 6.92 Å². The molecule has 1 aliphatic heterocycles. The molecule has 2 heterocycles. The quantitative estimate of drug-likeness (QED) is 0.668. The molecule has 3 aromatic rings. The van der Waals surface area contributed by atoms with Gasteiger partial charge in [0.2, 0.25) is 0 Å². The first-order chi connectivity index (χ1) is 12.4. The zero-order chi connectivity index (χ0) is 18.5. The molecule has 0 bridgehead atoms. The average molecular weight is 439 g/mol. The van der Waals surface area contributed by atoms with Crippen molar-refractivity contribution < 1.29 is 22.4 Å². The number of halogens is 1. The molecule has 0 spiro atoms. The van der Waals surface area contributed by atoms with Crippen molar-refractivity contribution in [3.63, 3.8) is 0 Å². The van der Waals surface area contributed by atoms with Crippen molar-refractivity contribution in [1.29, 1.82) is 0 Å². The molecule has 0 radical (unpaired) electrons. The second kappa shape index (κ2) is 6.17.